The summed E-state index contributed by atoms with van der Waals surface area (Å²) in [5.41, 5.74) is 7.83. The largest absolute Gasteiger partial charge is 0.216 e. The fraction of sp³-hybridized carbons (Fsp3) is 0.235. The molecule has 6 heteroatoms. The lowest BCUT2D eigenvalue weighted by Crippen LogP contribution is -2.38. The maximum atomic E-state index is 6.13. The van der Waals surface area contributed by atoms with Crippen molar-refractivity contribution >= 4 is 46.7 Å². The van der Waals surface area contributed by atoms with Crippen LogP contribution in [-0.2, 0) is 3.79 Å². The molecule has 1 N–H and O–H groups in total. The summed E-state index contributed by atoms with van der Waals surface area (Å²) in [5, 5.41) is 6.20. The Hall–Kier alpha value is -1.26. The molecule has 0 saturated carbocycles. The van der Waals surface area contributed by atoms with Gasteiger partial charge in [0.15, 0.2) is 0 Å². The zero-order valence-corrected chi connectivity index (χ0v) is 14.8. The Morgan fingerprint density at radius 1 is 1.09 bits per heavy atom. The molecule has 0 unspecified atom stereocenters. The van der Waals surface area contributed by atoms with E-state index in [1.54, 1.807) is 5.12 Å². The summed E-state index contributed by atoms with van der Waals surface area (Å²) >= 11 is 18.4. The minimum absolute atomic E-state index is 0.653. The maximum Gasteiger partial charge on any atom is 0.216 e. The lowest BCUT2D eigenvalue weighted by atomic mass is 9.97. The summed E-state index contributed by atoms with van der Waals surface area (Å²) in [6.45, 7) is 2.76. The summed E-state index contributed by atoms with van der Waals surface area (Å²) in [6, 6.07) is 13.9. The van der Waals surface area contributed by atoms with Crippen molar-refractivity contribution in [2.75, 3.05) is 11.7 Å². The van der Waals surface area contributed by atoms with Gasteiger partial charge in [-0.2, -0.15) is 10.2 Å². The molecule has 1 heterocycles. The monoisotopic (exact) mass is 367 g/mol. The van der Waals surface area contributed by atoms with Crippen molar-refractivity contribution in [2.45, 2.75) is 17.1 Å². The highest BCUT2D eigenvalue weighted by molar-refractivity contribution is 6.66. The van der Waals surface area contributed by atoms with Crippen molar-refractivity contribution in [1.82, 2.24) is 5.43 Å². The van der Waals surface area contributed by atoms with Gasteiger partial charge in [0, 0.05) is 23.9 Å². The van der Waals surface area contributed by atoms with Crippen LogP contribution in [0, 0.1) is 6.92 Å². The molecule has 3 nitrogen and oxygen atoms in total. The second-order valence-electron chi connectivity index (χ2n) is 5.30. The molecule has 0 bridgehead atoms. The van der Waals surface area contributed by atoms with E-state index < -0.39 is 3.79 Å². The molecule has 2 aromatic rings. The highest BCUT2D eigenvalue weighted by atomic mass is 35.6. The number of benzene rings is 2. The lowest BCUT2D eigenvalue weighted by molar-refractivity contribution is 0.633. The highest BCUT2D eigenvalue weighted by Gasteiger charge is 2.29. The zero-order valence-electron chi connectivity index (χ0n) is 12.6. The SMILES string of the molecule is Cc1c(C(Cl)(Cl)Cl)ccc(-c2ccccc2)c1N1N=CCCN1. The number of hydrazone groups is 1. The van der Waals surface area contributed by atoms with Gasteiger partial charge < -0.3 is 0 Å². The van der Waals surface area contributed by atoms with E-state index in [0.717, 1.165) is 35.3 Å². The fourth-order valence-corrected chi connectivity index (χ4v) is 3.30. The van der Waals surface area contributed by atoms with E-state index in [-0.39, 0.29) is 0 Å². The van der Waals surface area contributed by atoms with Crippen LogP contribution in [0.3, 0.4) is 0 Å². The lowest BCUT2D eigenvalue weighted by Gasteiger charge is -2.29. The van der Waals surface area contributed by atoms with E-state index in [1.165, 1.54) is 0 Å². The Morgan fingerprint density at radius 3 is 2.43 bits per heavy atom. The van der Waals surface area contributed by atoms with Gasteiger partial charge in [-0.3, -0.25) is 0 Å². The summed E-state index contributed by atoms with van der Waals surface area (Å²) in [6.07, 6.45) is 2.77. The predicted octanol–water partition coefficient (Wildman–Crippen LogP) is 5.19. The number of hydrogen-bond donors (Lipinski definition) is 1. The number of hydrogen-bond acceptors (Lipinski definition) is 3. The normalized spacial score (nSPS) is 15.0. The third-order valence-corrected chi connectivity index (χ3v) is 4.38. The number of nitrogens with zero attached hydrogens (tertiary/aromatic N) is 2. The Morgan fingerprint density at radius 2 is 1.83 bits per heavy atom. The van der Waals surface area contributed by atoms with Gasteiger partial charge in [0.2, 0.25) is 3.79 Å². The second kappa shape index (κ2) is 6.70. The topological polar surface area (TPSA) is 27.6 Å². The molecular formula is C17H16Cl3N3. The van der Waals surface area contributed by atoms with E-state index in [1.807, 2.05) is 43.5 Å². The van der Waals surface area contributed by atoms with Crippen LogP contribution in [0.1, 0.15) is 17.5 Å². The summed E-state index contributed by atoms with van der Waals surface area (Å²) < 4.78 is -1.48. The molecule has 120 valence electrons. The molecule has 2 aromatic carbocycles. The number of hydrazine groups is 1. The molecule has 0 fully saturated rings. The van der Waals surface area contributed by atoms with Crippen molar-refractivity contribution in [3.05, 3.63) is 53.6 Å². The minimum atomic E-state index is -1.48. The Kier molecular flexibility index (Phi) is 4.83. The molecule has 0 radical (unpaired) electrons. The van der Waals surface area contributed by atoms with Crippen LogP contribution in [0.25, 0.3) is 11.1 Å². The van der Waals surface area contributed by atoms with Gasteiger partial charge in [-0.15, -0.1) is 0 Å². The van der Waals surface area contributed by atoms with Crippen LogP contribution in [0.5, 0.6) is 0 Å². The van der Waals surface area contributed by atoms with Crippen LogP contribution in [0.2, 0.25) is 0 Å². The van der Waals surface area contributed by atoms with Crippen molar-refractivity contribution in [1.29, 1.82) is 0 Å². The van der Waals surface area contributed by atoms with E-state index in [2.05, 4.69) is 22.7 Å². The van der Waals surface area contributed by atoms with Gasteiger partial charge in [-0.1, -0.05) is 77.3 Å². The molecule has 1 aliphatic heterocycles. The van der Waals surface area contributed by atoms with Crippen molar-refractivity contribution in [2.24, 2.45) is 5.10 Å². The smallest absolute Gasteiger partial charge is 0.213 e. The van der Waals surface area contributed by atoms with Crippen LogP contribution < -0.4 is 10.5 Å². The molecule has 23 heavy (non-hydrogen) atoms. The first kappa shape index (κ1) is 16.6. The second-order valence-corrected chi connectivity index (χ2v) is 7.59. The molecule has 0 aromatic heterocycles. The van der Waals surface area contributed by atoms with Crippen LogP contribution in [0.15, 0.2) is 47.6 Å². The maximum absolute atomic E-state index is 6.13. The number of rotatable bonds is 2. The molecule has 3 rings (SSSR count). The molecule has 1 aliphatic rings. The van der Waals surface area contributed by atoms with Crippen molar-refractivity contribution in [3.8, 4) is 11.1 Å². The van der Waals surface area contributed by atoms with E-state index in [0.29, 0.717) is 5.56 Å². The van der Waals surface area contributed by atoms with E-state index >= 15 is 0 Å². The van der Waals surface area contributed by atoms with Crippen LogP contribution in [0.4, 0.5) is 5.69 Å². The Labute approximate surface area is 150 Å². The molecule has 0 atom stereocenters. The fourth-order valence-electron chi connectivity index (χ4n) is 2.68. The third kappa shape index (κ3) is 3.48. The first-order valence-corrected chi connectivity index (χ1v) is 8.44. The predicted molar refractivity (Wildman–Crippen MR) is 99.4 cm³/mol. The van der Waals surface area contributed by atoms with Gasteiger partial charge >= 0.3 is 0 Å². The quantitative estimate of drug-likeness (QED) is 0.739. The van der Waals surface area contributed by atoms with Crippen molar-refractivity contribution in [3.63, 3.8) is 0 Å². The molecular weight excluding hydrogens is 353 g/mol. The summed E-state index contributed by atoms with van der Waals surface area (Å²) in [4.78, 5) is 0. The Balaban J connectivity index is 2.22. The first-order chi connectivity index (χ1) is 11.0. The van der Waals surface area contributed by atoms with Gasteiger partial charge in [0.1, 0.15) is 0 Å². The van der Waals surface area contributed by atoms with Gasteiger partial charge in [-0.05, 0) is 24.5 Å². The Bertz CT molecular complexity index is 724. The van der Waals surface area contributed by atoms with Gasteiger partial charge in [-0.25, -0.2) is 5.43 Å². The highest BCUT2D eigenvalue weighted by Crippen LogP contribution is 2.45. The summed E-state index contributed by atoms with van der Waals surface area (Å²) in [7, 11) is 0. The van der Waals surface area contributed by atoms with E-state index in [9.17, 15) is 0 Å². The van der Waals surface area contributed by atoms with Crippen LogP contribution >= 0.6 is 34.8 Å². The van der Waals surface area contributed by atoms with Crippen molar-refractivity contribution < 1.29 is 0 Å². The minimum Gasteiger partial charge on any atom is -0.213 e. The number of alkyl halides is 3. The van der Waals surface area contributed by atoms with Crippen LogP contribution in [-0.4, -0.2) is 12.8 Å². The first-order valence-electron chi connectivity index (χ1n) is 7.31. The van der Waals surface area contributed by atoms with E-state index in [4.69, 9.17) is 34.8 Å². The number of halogens is 3. The third-order valence-electron chi connectivity index (χ3n) is 3.77. The molecule has 0 spiro atoms. The summed E-state index contributed by atoms with van der Waals surface area (Å²) in [5.74, 6) is 0. The van der Waals surface area contributed by atoms with Gasteiger partial charge in [0.05, 0.1) is 5.69 Å². The molecule has 0 amide bonds. The molecule has 0 saturated heterocycles. The zero-order chi connectivity index (χ0) is 16.4. The van der Waals surface area contributed by atoms with Gasteiger partial charge in [0.25, 0.3) is 0 Å². The number of anilines is 1. The molecule has 0 aliphatic carbocycles. The average Bonchev–Trinajstić information content (AvgIpc) is 2.55. The average molecular weight is 369 g/mol. The number of nitrogens with one attached hydrogen (secondary N) is 1. The standard InChI is InChI=1S/C17H16Cl3N3/c1-12-15(17(18,19)20)9-8-14(13-6-3-2-4-7-13)16(12)23-21-10-5-11-22-23/h2-4,6-10,22H,5,11H2,1H3.